The SMILES string of the molecule is CN(Cc1ccc(Cl)cc1)Cn1nc(Cc2cccs2)n(C)c1=S. The molecule has 0 saturated carbocycles. The maximum absolute atomic E-state index is 5.93. The van der Waals surface area contributed by atoms with Crippen molar-refractivity contribution >= 4 is 35.2 Å². The predicted molar refractivity (Wildman–Crippen MR) is 102 cm³/mol. The van der Waals surface area contributed by atoms with Crippen LogP contribution in [0.25, 0.3) is 0 Å². The van der Waals surface area contributed by atoms with Crippen LogP contribution in [0.3, 0.4) is 0 Å². The Bertz CT molecular complexity index is 850. The Morgan fingerprint density at radius 1 is 1.25 bits per heavy atom. The van der Waals surface area contributed by atoms with Crippen LogP contribution < -0.4 is 0 Å². The van der Waals surface area contributed by atoms with Gasteiger partial charge in [-0.05, 0) is 48.4 Å². The normalized spacial score (nSPS) is 11.3. The van der Waals surface area contributed by atoms with Gasteiger partial charge in [-0.3, -0.25) is 4.90 Å². The monoisotopic (exact) mass is 378 g/mol. The smallest absolute Gasteiger partial charge is 0.198 e. The highest BCUT2D eigenvalue weighted by Gasteiger charge is 2.11. The molecule has 0 atom stereocenters. The van der Waals surface area contributed by atoms with Crippen LogP contribution >= 0.6 is 35.2 Å². The first kappa shape index (κ1) is 17.4. The molecule has 0 aliphatic carbocycles. The molecule has 0 radical (unpaired) electrons. The summed E-state index contributed by atoms with van der Waals surface area (Å²) in [6.45, 7) is 1.47. The summed E-state index contributed by atoms with van der Waals surface area (Å²) in [7, 11) is 4.04. The molecule has 0 fully saturated rings. The van der Waals surface area contributed by atoms with Gasteiger partial charge in [0.25, 0.3) is 0 Å². The fourth-order valence-corrected chi connectivity index (χ4v) is 3.56. The Labute approximate surface area is 155 Å². The van der Waals surface area contributed by atoms with E-state index in [9.17, 15) is 0 Å². The van der Waals surface area contributed by atoms with Crippen LogP contribution in [0.5, 0.6) is 0 Å². The van der Waals surface area contributed by atoms with Crippen LogP contribution in [0.4, 0.5) is 0 Å². The van der Waals surface area contributed by atoms with Gasteiger partial charge in [0.15, 0.2) is 4.77 Å². The minimum absolute atomic E-state index is 0.653. The summed E-state index contributed by atoms with van der Waals surface area (Å²) in [6, 6.07) is 12.1. The second-order valence-corrected chi connectivity index (χ2v) is 7.63. The molecule has 1 aromatic carbocycles. The number of thiophene rings is 1. The summed E-state index contributed by atoms with van der Waals surface area (Å²) in [6.07, 6.45) is 0.811. The van der Waals surface area contributed by atoms with Gasteiger partial charge in [-0.2, -0.15) is 5.10 Å². The summed E-state index contributed by atoms with van der Waals surface area (Å²) in [5.74, 6) is 0.988. The number of hydrogen-bond donors (Lipinski definition) is 0. The number of hydrogen-bond acceptors (Lipinski definition) is 4. The maximum Gasteiger partial charge on any atom is 0.198 e. The van der Waals surface area contributed by atoms with Crippen LogP contribution in [0, 0.1) is 4.77 Å². The Kier molecular flexibility index (Phi) is 5.50. The Hall–Kier alpha value is -1.47. The zero-order valence-electron chi connectivity index (χ0n) is 13.6. The molecule has 0 spiro atoms. The van der Waals surface area contributed by atoms with Crippen LogP contribution in [0.15, 0.2) is 41.8 Å². The minimum Gasteiger partial charge on any atom is -0.307 e. The van der Waals surface area contributed by atoms with Crippen molar-refractivity contribution in [3.8, 4) is 0 Å². The van der Waals surface area contributed by atoms with Crippen molar-refractivity contribution in [3.05, 3.63) is 67.8 Å². The van der Waals surface area contributed by atoms with E-state index < -0.39 is 0 Å². The van der Waals surface area contributed by atoms with Crippen molar-refractivity contribution in [1.29, 1.82) is 0 Å². The molecule has 0 unspecified atom stereocenters. The summed E-state index contributed by atoms with van der Waals surface area (Å²) in [4.78, 5) is 3.47. The van der Waals surface area contributed by atoms with E-state index >= 15 is 0 Å². The van der Waals surface area contributed by atoms with Crippen LogP contribution in [-0.2, 0) is 26.7 Å². The molecule has 3 rings (SSSR count). The van der Waals surface area contributed by atoms with Crippen molar-refractivity contribution < 1.29 is 0 Å². The van der Waals surface area contributed by atoms with Gasteiger partial charge in [-0.15, -0.1) is 11.3 Å². The van der Waals surface area contributed by atoms with Gasteiger partial charge < -0.3 is 4.57 Å². The lowest BCUT2D eigenvalue weighted by molar-refractivity contribution is 0.243. The van der Waals surface area contributed by atoms with Crippen LogP contribution in [0.1, 0.15) is 16.3 Å². The van der Waals surface area contributed by atoms with E-state index in [2.05, 4.69) is 29.5 Å². The van der Waals surface area contributed by atoms with E-state index in [0.717, 1.165) is 28.6 Å². The molecule has 2 aromatic heterocycles. The highest BCUT2D eigenvalue weighted by Crippen LogP contribution is 2.15. The van der Waals surface area contributed by atoms with Gasteiger partial charge in [-0.1, -0.05) is 29.8 Å². The second kappa shape index (κ2) is 7.61. The van der Waals surface area contributed by atoms with Crippen molar-refractivity contribution in [3.63, 3.8) is 0 Å². The van der Waals surface area contributed by atoms with Gasteiger partial charge >= 0.3 is 0 Å². The molecule has 0 aliphatic rings. The quantitative estimate of drug-likeness (QED) is 0.596. The first-order valence-electron chi connectivity index (χ1n) is 7.61. The Morgan fingerprint density at radius 2 is 2.00 bits per heavy atom. The highest BCUT2D eigenvalue weighted by molar-refractivity contribution is 7.71. The lowest BCUT2D eigenvalue weighted by Gasteiger charge is -2.16. The average molecular weight is 379 g/mol. The van der Waals surface area contributed by atoms with E-state index in [1.807, 2.05) is 40.6 Å². The second-order valence-electron chi connectivity index (χ2n) is 5.80. The first-order valence-corrected chi connectivity index (χ1v) is 9.27. The minimum atomic E-state index is 0.653. The summed E-state index contributed by atoms with van der Waals surface area (Å²) < 4.78 is 4.61. The van der Waals surface area contributed by atoms with Crippen LogP contribution in [0.2, 0.25) is 5.02 Å². The molecule has 0 aliphatic heterocycles. The fourth-order valence-electron chi connectivity index (χ4n) is 2.53. The molecule has 126 valence electrons. The van der Waals surface area contributed by atoms with Crippen molar-refractivity contribution in [2.45, 2.75) is 19.6 Å². The number of aromatic nitrogens is 3. The standard InChI is InChI=1S/C17H19ClN4S2/c1-20(11-13-5-7-14(18)8-6-13)12-22-17(23)21(2)16(19-22)10-15-4-3-9-24-15/h3-9H,10-12H2,1-2H3. The third-order valence-electron chi connectivity index (χ3n) is 3.78. The molecule has 2 heterocycles. The molecular formula is C17H19ClN4S2. The number of halogens is 1. The molecule has 4 nitrogen and oxygen atoms in total. The van der Waals surface area contributed by atoms with Crippen molar-refractivity contribution in [2.75, 3.05) is 7.05 Å². The average Bonchev–Trinajstić information content (AvgIpc) is 3.15. The van der Waals surface area contributed by atoms with Gasteiger partial charge in [0.05, 0.1) is 6.67 Å². The summed E-state index contributed by atoms with van der Waals surface area (Å²) in [5, 5.41) is 7.54. The molecule has 0 saturated heterocycles. The molecule has 3 aromatic rings. The van der Waals surface area contributed by atoms with Gasteiger partial charge in [-0.25, -0.2) is 4.68 Å². The predicted octanol–water partition coefficient (Wildman–Crippen LogP) is 4.35. The van der Waals surface area contributed by atoms with Crippen molar-refractivity contribution in [1.82, 2.24) is 19.2 Å². The molecular weight excluding hydrogens is 360 g/mol. The van der Waals surface area contributed by atoms with E-state index in [1.54, 1.807) is 11.3 Å². The maximum atomic E-state index is 5.93. The van der Waals surface area contributed by atoms with Crippen molar-refractivity contribution in [2.24, 2.45) is 7.05 Å². The number of benzene rings is 1. The lowest BCUT2D eigenvalue weighted by Crippen LogP contribution is -2.22. The largest absolute Gasteiger partial charge is 0.307 e. The zero-order chi connectivity index (χ0) is 17.1. The first-order chi connectivity index (χ1) is 11.5. The van der Waals surface area contributed by atoms with Gasteiger partial charge in [0.2, 0.25) is 0 Å². The zero-order valence-corrected chi connectivity index (χ0v) is 16.0. The van der Waals surface area contributed by atoms with Gasteiger partial charge in [0, 0.05) is 29.9 Å². The van der Waals surface area contributed by atoms with E-state index in [4.69, 9.17) is 28.9 Å². The molecule has 0 amide bonds. The topological polar surface area (TPSA) is 26.0 Å². The van der Waals surface area contributed by atoms with E-state index in [-0.39, 0.29) is 0 Å². The molecule has 7 heteroatoms. The number of rotatable bonds is 6. The van der Waals surface area contributed by atoms with Gasteiger partial charge in [0.1, 0.15) is 5.82 Å². The molecule has 24 heavy (non-hydrogen) atoms. The summed E-state index contributed by atoms with van der Waals surface area (Å²) in [5.41, 5.74) is 1.21. The molecule has 0 bridgehead atoms. The Balaban J connectivity index is 1.70. The lowest BCUT2D eigenvalue weighted by atomic mass is 10.2. The third-order valence-corrected chi connectivity index (χ3v) is 5.40. The third kappa shape index (κ3) is 4.13. The van der Waals surface area contributed by atoms with E-state index in [0.29, 0.717) is 6.67 Å². The summed E-state index contributed by atoms with van der Waals surface area (Å²) >= 11 is 13.2. The highest BCUT2D eigenvalue weighted by atomic mass is 35.5. The Morgan fingerprint density at radius 3 is 2.67 bits per heavy atom. The molecule has 0 N–H and O–H groups in total. The number of nitrogens with zero attached hydrogens (tertiary/aromatic N) is 4. The van der Waals surface area contributed by atoms with Crippen LogP contribution in [-0.4, -0.2) is 26.3 Å². The fraction of sp³-hybridized carbons (Fsp3) is 0.294. The van der Waals surface area contributed by atoms with E-state index in [1.165, 1.54) is 10.4 Å².